The third-order valence-corrected chi connectivity index (χ3v) is 3.79. The summed E-state index contributed by atoms with van der Waals surface area (Å²) in [4.78, 5) is 0. The smallest absolute Gasteiger partial charge is 0.160 e. The summed E-state index contributed by atoms with van der Waals surface area (Å²) in [5.41, 5.74) is 1.13. The molecule has 2 atom stereocenters. The van der Waals surface area contributed by atoms with E-state index in [9.17, 15) is 5.11 Å². The number of methoxy groups -OCH3 is 1. The average Bonchev–Trinajstić information content (AvgIpc) is 2.38. The van der Waals surface area contributed by atoms with Gasteiger partial charge in [-0.2, -0.15) is 11.8 Å². The predicted molar refractivity (Wildman–Crippen MR) is 78.7 cm³/mol. The molecular weight excluding hydrogens is 246 g/mol. The number of benzene rings is 1. The Balaban J connectivity index is 2.74. The van der Waals surface area contributed by atoms with Crippen molar-refractivity contribution in [1.29, 1.82) is 0 Å². The first-order chi connectivity index (χ1) is 8.62. The summed E-state index contributed by atoms with van der Waals surface area (Å²) in [5, 5.41) is 13.2. The van der Waals surface area contributed by atoms with Crippen LogP contribution in [0, 0.1) is 0 Å². The number of phenols is 1. The molecule has 0 bridgehead atoms. The summed E-state index contributed by atoms with van der Waals surface area (Å²) in [6, 6.07) is 6.26. The highest BCUT2D eigenvalue weighted by molar-refractivity contribution is 7.98. The second-order valence-corrected chi connectivity index (χ2v) is 5.29. The molecule has 1 rings (SSSR count). The van der Waals surface area contributed by atoms with E-state index in [0.717, 1.165) is 17.7 Å². The van der Waals surface area contributed by atoms with E-state index in [1.54, 1.807) is 13.2 Å². The van der Waals surface area contributed by atoms with Crippen molar-refractivity contribution in [2.24, 2.45) is 0 Å². The van der Waals surface area contributed by atoms with Gasteiger partial charge in [0, 0.05) is 17.8 Å². The highest BCUT2D eigenvalue weighted by Crippen LogP contribution is 2.29. The summed E-state index contributed by atoms with van der Waals surface area (Å²) < 4.78 is 5.13. The first-order valence-corrected chi connectivity index (χ1v) is 7.63. The Morgan fingerprint density at radius 1 is 1.44 bits per heavy atom. The molecule has 0 aliphatic carbocycles. The molecule has 3 nitrogen and oxygen atoms in total. The zero-order valence-corrected chi connectivity index (χ0v) is 12.4. The van der Waals surface area contributed by atoms with Crippen LogP contribution in [0.5, 0.6) is 11.5 Å². The van der Waals surface area contributed by atoms with E-state index < -0.39 is 0 Å². The van der Waals surface area contributed by atoms with Crippen molar-refractivity contribution in [3.05, 3.63) is 23.8 Å². The van der Waals surface area contributed by atoms with E-state index in [-0.39, 0.29) is 11.8 Å². The molecule has 1 aromatic rings. The first-order valence-electron chi connectivity index (χ1n) is 6.24. The molecule has 0 aliphatic heterocycles. The summed E-state index contributed by atoms with van der Waals surface area (Å²) in [6.45, 7) is 4.33. The fourth-order valence-corrected chi connectivity index (χ4v) is 2.63. The van der Waals surface area contributed by atoms with Gasteiger partial charge in [0.2, 0.25) is 0 Å². The van der Waals surface area contributed by atoms with Crippen molar-refractivity contribution in [1.82, 2.24) is 5.32 Å². The molecule has 0 saturated heterocycles. The molecule has 0 fully saturated rings. The van der Waals surface area contributed by atoms with Crippen LogP contribution in [0.1, 0.15) is 31.9 Å². The third-order valence-electron chi connectivity index (χ3n) is 3.05. The van der Waals surface area contributed by atoms with Gasteiger partial charge in [0.25, 0.3) is 0 Å². The Bertz CT molecular complexity index is 371. The number of ether oxygens (including phenoxy) is 1. The minimum absolute atomic E-state index is 0.185. The highest BCUT2D eigenvalue weighted by Gasteiger charge is 2.13. The molecule has 0 aromatic heterocycles. The van der Waals surface area contributed by atoms with Crippen LogP contribution < -0.4 is 10.1 Å². The van der Waals surface area contributed by atoms with Gasteiger partial charge < -0.3 is 15.2 Å². The Labute approximate surface area is 114 Å². The van der Waals surface area contributed by atoms with E-state index >= 15 is 0 Å². The van der Waals surface area contributed by atoms with Crippen LogP contribution in [-0.4, -0.2) is 30.3 Å². The Morgan fingerprint density at radius 3 is 2.72 bits per heavy atom. The molecule has 18 heavy (non-hydrogen) atoms. The fourth-order valence-electron chi connectivity index (χ4n) is 1.90. The first kappa shape index (κ1) is 15.2. The lowest BCUT2D eigenvalue weighted by molar-refractivity contribution is 0.371. The van der Waals surface area contributed by atoms with Crippen molar-refractivity contribution in [3.63, 3.8) is 0 Å². The minimum atomic E-state index is 0.185. The number of hydrogen-bond donors (Lipinski definition) is 2. The van der Waals surface area contributed by atoms with Crippen molar-refractivity contribution in [2.75, 3.05) is 19.1 Å². The van der Waals surface area contributed by atoms with Crippen molar-refractivity contribution in [3.8, 4) is 11.5 Å². The number of phenolic OH excluding ortho intramolecular Hbond substituents is 1. The van der Waals surface area contributed by atoms with Gasteiger partial charge in [0.15, 0.2) is 11.5 Å². The topological polar surface area (TPSA) is 41.5 Å². The molecule has 2 unspecified atom stereocenters. The van der Waals surface area contributed by atoms with Crippen LogP contribution in [0.4, 0.5) is 0 Å². The normalized spacial score (nSPS) is 14.2. The lowest BCUT2D eigenvalue weighted by Crippen LogP contribution is -2.32. The van der Waals surface area contributed by atoms with Gasteiger partial charge in [-0.25, -0.2) is 0 Å². The summed E-state index contributed by atoms with van der Waals surface area (Å²) in [5.74, 6) is 1.82. The van der Waals surface area contributed by atoms with Crippen LogP contribution in [-0.2, 0) is 0 Å². The van der Waals surface area contributed by atoms with Gasteiger partial charge in [-0.3, -0.25) is 0 Å². The maximum absolute atomic E-state index is 9.58. The van der Waals surface area contributed by atoms with Crippen LogP contribution in [0.3, 0.4) is 0 Å². The van der Waals surface area contributed by atoms with Gasteiger partial charge in [-0.15, -0.1) is 0 Å². The Kier molecular flexibility index (Phi) is 6.36. The number of hydrogen-bond acceptors (Lipinski definition) is 4. The van der Waals surface area contributed by atoms with E-state index in [0.29, 0.717) is 11.8 Å². The van der Waals surface area contributed by atoms with Gasteiger partial charge in [0.1, 0.15) is 0 Å². The molecule has 102 valence electrons. The van der Waals surface area contributed by atoms with Gasteiger partial charge >= 0.3 is 0 Å². The number of thioether (sulfide) groups is 1. The molecule has 0 aliphatic rings. The lowest BCUT2D eigenvalue weighted by Gasteiger charge is -2.22. The van der Waals surface area contributed by atoms with Crippen molar-refractivity contribution in [2.45, 2.75) is 32.4 Å². The molecule has 0 saturated carbocycles. The zero-order chi connectivity index (χ0) is 13.5. The number of rotatable bonds is 7. The van der Waals surface area contributed by atoms with E-state index in [1.807, 2.05) is 23.9 Å². The monoisotopic (exact) mass is 269 g/mol. The zero-order valence-electron chi connectivity index (χ0n) is 11.6. The van der Waals surface area contributed by atoms with Gasteiger partial charge in [0.05, 0.1) is 7.11 Å². The van der Waals surface area contributed by atoms with Gasteiger partial charge in [-0.1, -0.05) is 13.0 Å². The summed E-state index contributed by atoms with van der Waals surface area (Å²) >= 11 is 1.85. The highest BCUT2D eigenvalue weighted by atomic mass is 32.2. The van der Waals surface area contributed by atoms with E-state index in [4.69, 9.17) is 4.74 Å². The van der Waals surface area contributed by atoms with E-state index in [1.165, 1.54) is 0 Å². The maximum Gasteiger partial charge on any atom is 0.160 e. The third kappa shape index (κ3) is 4.10. The summed E-state index contributed by atoms with van der Waals surface area (Å²) in [6.07, 6.45) is 3.24. The fraction of sp³-hybridized carbons (Fsp3) is 0.571. The average molecular weight is 269 g/mol. The predicted octanol–water partition coefficient (Wildman–Crippen LogP) is 3.19. The SMILES string of the molecule is CCC(CSC)NC(C)c1ccc(O)c(OC)c1. The molecule has 2 N–H and O–H groups in total. The second-order valence-electron chi connectivity index (χ2n) is 4.38. The lowest BCUT2D eigenvalue weighted by atomic mass is 10.1. The quantitative estimate of drug-likeness (QED) is 0.797. The molecular formula is C14H23NO2S. The van der Waals surface area contributed by atoms with Crippen LogP contribution in [0.25, 0.3) is 0 Å². The van der Waals surface area contributed by atoms with Crippen molar-refractivity contribution < 1.29 is 9.84 Å². The van der Waals surface area contributed by atoms with Gasteiger partial charge in [-0.05, 0) is 37.3 Å². The standard InChI is InChI=1S/C14H23NO2S/c1-5-12(9-18-4)15-10(2)11-6-7-13(16)14(8-11)17-3/h6-8,10,12,15-16H,5,9H2,1-4H3. The molecule has 0 heterocycles. The van der Waals surface area contributed by atoms with Crippen LogP contribution in [0.15, 0.2) is 18.2 Å². The minimum Gasteiger partial charge on any atom is -0.504 e. The number of nitrogens with one attached hydrogen (secondary N) is 1. The molecule has 0 amide bonds. The largest absolute Gasteiger partial charge is 0.504 e. The molecule has 0 radical (unpaired) electrons. The molecule has 0 spiro atoms. The summed E-state index contributed by atoms with van der Waals surface area (Å²) in [7, 11) is 1.57. The Hall–Kier alpha value is -0.870. The maximum atomic E-state index is 9.58. The van der Waals surface area contributed by atoms with E-state index in [2.05, 4.69) is 25.4 Å². The van der Waals surface area contributed by atoms with Crippen LogP contribution >= 0.6 is 11.8 Å². The van der Waals surface area contributed by atoms with Crippen LogP contribution in [0.2, 0.25) is 0 Å². The second kappa shape index (κ2) is 7.54. The Morgan fingerprint density at radius 2 is 2.17 bits per heavy atom. The number of aromatic hydroxyl groups is 1. The molecule has 4 heteroatoms. The van der Waals surface area contributed by atoms with Crippen molar-refractivity contribution >= 4 is 11.8 Å². The molecule has 1 aromatic carbocycles.